The van der Waals surface area contributed by atoms with Crippen molar-refractivity contribution < 1.29 is 14.8 Å². The van der Waals surface area contributed by atoms with Crippen molar-refractivity contribution in [3.05, 3.63) is 33.9 Å². The van der Waals surface area contributed by atoms with Gasteiger partial charge in [0, 0.05) is 22.9 Å². The first-order valence-electron chi connectivity index (χ1n) is 6.67. The molecule has 0 saturated heterocycles. The van der Waals surface area contributed by atoms with Gasteiger partial charge in [0.1, 0.15) is 0 Å². The number of nitro benzene ring substituents is 1. The summed E-state index contributed by atoms with van der Waals surface area (Å²) in [6, 6.07) is 4.94. The highest BCUT2D eigenvalue weighted by atomic mass is 16.6. The first-order chi connectivity index (χ1) is 9.42. The first kappa shape index (κ1) is 14.3. The lowest BCUT2D eigenvalue weighted by atomic mass is 9.92. The van der Waals surface area contributed by atoms with Crippen LogP contribution in [0, 0.1) is 17.0 Å². The highest BCUT2D eigenvalue weighted by Crippen LogP contribution is 2.36. The summed E-state index contributed by atoms with van der Waals surface area (Å²) in [5, 5.41) is 23.2. The van der Waals surface area contributed by atoms with Crippen LogP contribution in [0.4, 0.5) is 11.4 Å². The Morgan fingerprint density at radius 1 is 1.45 bits per heavy atom. The van der Waals surface area contributed by atoms with E-state index in [1.165, 1.54) is 6.07 Å². The molecule has 0 spiro atoms. The Labute approximate surface area is 117 Å². The molecular weight excluding hydrogens is 260 g/mol. The van der Waals surface area contributed by atoms with Crippen LogP contribution in [0.5, 0.6) is 0 Å². The van der Waals surface area contributed by atoms with Crippen LogP contribution >= 0.6 is 0 Å². The Balaban J connectivity index is 2.25. The van der Waals surface area contributed by atoms with Crippen molar-refractivity contribution in [2.45, 2.75) is 44.6 Å². The lowest BCUT2D eigenvalue weighted by Crippen LogP contribution is -2.37. The number of nitrogens with zero attached hydrogens (tertiary/aromatic N) is 1. The third-order valence-electron chi connectivity index (χ3n) is 3.87. The lowest BCUT2D eigenvalue weighted by Gasteiger charge is -2.30. The maximum atomic E-state index is 11.0. The Hall–Kier alpha value is -2.11. The summed E-state index contributed by atoms with van der Waals surface area (Å²) in [7, 11) is 0. The van der Waals surface area contributed by atoms with Crippen molar-refractivity contribution >= 4 is 17.3 Å². The van der Waals surface area contributed by atoms with Crippen molar-refractivity contribution in [1.29, 1.82) is 0 Å². The molecule has 1 aliphatic carbocycles. The molecule has 0 bridgehead atoms. The first-order valence-corrected chi connectivity index (χ1v) is 6.67. The number of nitrogens with one attached hydrogen (secondary N) is 1. The molecule has 6 heteroatoms. The second kappa shape index (κ2) is 5.48. The summed E-state index contributed by atoms with van der Waals surface area (Å²) < 4.78 is 0. The Kier molecular flexibility index (Phi) is 3.92. The van der Waals surface area contributed by atoms with E-state index in [1.807, 2.05) is 0 Å². The molecule has 0 aliphatic heterocycles. The highest BCUT2D eigenvalue weighted by Gasteiger charge is 2.36. The van der Waals surface area contributed by atoms with Gasteiger partial charge in [0.05, 0.1) is 11.3 Å². The molecule has 20 heavy (non-hydrogen) atoms. The number of aryl methyl sites for hydroxylation is 1. The third-order valence-corrected chi connectivity index (χ3v) is 3.87. The number of benzene rings is 1. The molecule has 0 amide bonds. The van der Waals surface area contributed by atoms with Crippen LogP contribution in [-0.4, -0.2) is 21.5 Å². The van der Waals surface area contributed by atoms with Gasteiger partial charge in [-0.15, -0.1) is 0 Å². The number of hydrogen-bond acceptors (Lipinski definition) is 4. The fourth-order valence-electron chi connectivity index (χ4n) is 2.88. The van der Waals surface area contributed by atoms with Gasteiger partial charge in [0.25, 0.3) is 5.69 Å². The minimum atomic E-state index is -0.846. The number of carboxylic acid groups (broad SMARTS) is 1. The number of anilines is 1. The normalized spacial score (nSPS) is 16.9. The van der Waals surface area contributed by atoms with Crippen LogP contribution in [-0.2, 0) is 4.79 Å². The Morgan fingerprint density at radius 2 is 2.10 bits per heavy atom. The number of carbonyl (C=O) groups is 1. The van der Waals surface area contributed by atoms with E-state index in [2.05, 4.69) is 5.32 Å². The van der Waals surface area contributed by atoms with Crippen molar-refractivity contribution in [1.82, 2.24) is 0 Å². The predicted octanol–water partition coefficient (Wildman–Crippen LogP) is 3.10. The fraction of sp³-hybridized carbons (Fsp3) is 0.500. The van der Waals surface area contributed by atoms with Crippen LogP contribution < -0.4 is 5.32 Å². The van der Waals surface area contributed by atoms with Crippen molar-refractivity contribution in [3.63, 3.8) is 0 Å². The van der Waals surface area contributed by atoms with Crippen LogP contribution in [0.1, 0.15) is 37.7 Å². The maximum Gasteiger partial charge on any atom is 0.305 e. The van der Waals surface area contributed by atoms with Gasteiger partial charge >= 0.3 is 5.97 Å². The molecule has 1 aromatic carbocycles. The average molecular weight is 278 g/mol. The molecule has 0 unspecified atom stereocenters. The van der Waals surface area contributed by atoms with Crippen LogP contribution in [0.15, 0.2) is 18.2 Å². The molecule has 1 fully saturated rings. The van der Waals surface area contributed by atoms with Crippen molar-refractivity contribution in [2.24, 2.45) is 0 Å². The molecule has 0 atom stereocenters. The van der Waals surface area contributed by atoms with E-state index in [0.29, 0.717) is 11.3 Å². The summed E-state index contributed by atoms with van der Waals surface area (Å²) in [4.78, 5) is 21.6. The van der Waals surface area contributed by atoms with Gasteiger partial charge in [0.15, 0.2) is 0 Å². The van der Waals surface area contributed by atoms with Gasteiger partial charge in [-0.25, -0.2) is 0 Å². The zero-order valence-electron chi connectivity index (χ0n) is 11.4. The van der Waals surface area contributed by atoms with E-state index < -0.39 is 16.4 Å². The average Bonchev–Trinajstić information content (AvgIpc) is 2.78. The lowest BCUT2D eigenvalue weighted by molar-refractivity contribution is -0.385. The summed E-state index contributed by atoms with van der Waals surface area (Å²) in [5.74, 6) is -0.846. The molecule has 0 aromatic heterocycles. The van der Waals surface area contributed by atoms with E-state index in [4.69, 9.17) is 5.11 Å². The van der Waals surface area contributed by atoms with Crippen LogP contribution in [0.2, 0.25) is 0 Å². The minimum Gasteiger partial charge on any atom is -0.481 e. The van der Waals surface area contributed by atoms with Crippen LogP contribution in [0.3, 0.4) is 0 Å². The molecule has 0 radical (unpaired) electrons. The second-order valence-corrected chi connectivity index (χ2v) is 5.44. The maximum absolute atomic E-state index is 11.0. The van der Waals surface area contributed by atoms with Gasteiger partial charge in [-0.2, -0.15) is 0 Å². The van der Waals surface area contributed by atoms with E-state index in [0.717, 1.165) is 25.7 Å². The Morgan fingerprint density at radius 3 is 2.65 bits per heavy atom. The largest absolute Gasteiger partial charge is 0.481 e. The molecule has 1 saturated carbocycles. The predicted molar refractivity (Wildman–Crippen MR) is 74.9 cm³/mol. The molecule has 6 nitrogen and oxygen atoms in total. The van der Waals surface area contributed by atoms with E-state index >= 15 is 0 Å². The van der Waals surface area contributed by atoms with Crippen LogP contribution in [0.25, 0.3) is 0 Å². The SMILES string of the molecule is Cc1ccc(NC2(CC(=O)O)CCCC2)cc1[N+](=O)[O-]. The van der Waals surface area contributed by atoms with E-state index in [-0.39, 0.29) is 12.1 Å². The van der Waals surface area contributed by atoms with E-state index in [1.54, 1.807) is 19.1 Å². The standard InChI is InChI=1S/C14H18N2O4/c1-10-4-5-11(8-12(10)16(19)20)15-14(9-13(17)18)6-2-3-7-14/h4-5,8,15H,2-3,6-7,9H2,1H3,(H,17,18). The fourth-order valence-corrected chi connectivity index (χ4v) is 2.88. The molecule has 0 heterocycles. The highest BCUT2D eigenvalue weighted by molar-refractivity contribution is 5.70. The molecule has 108 valence electrons. The molecular formula is C14H18N2O4. The number of aliphatic carboxylic acids is 1. The topological polar surface area (TPSA) is 92.5 Å². The van der Waals surface area contributed by atoms with Gasteiger partial charge in [-0.1, -0.05) is 18.9 Å². The number of hydrogen-bond donors (Lipinski definition) is 2. The molecule has 2 N–H and O–H groups in total. The van der Waals surface area contributed by atoms with Gasteiger partial charge in [-0.05, 0) is 25.8 Å². The van der Waals surface area contributed by atoms with Gasteiger partial charge < -0.3 is 10.4 Å². The smallest absolute Gasteiger partial charge is 0.305 e. The van der Waals surface area contributed by atoms with Crippen molar-refractivity contribution in [3.8, 4) is 0 Å². The Bertz CT molecular complexity index is 536. The quantitative estimate of drug-likeness (QED) is 0.637. The molecule has 1 aliphatic rings. The third kappa shape index (κ3) is 3.07. The summed E-state index contributed by atoms with van der Waals surface area (Å²) in [6.45, 7) is 1.69. The second-order valence-electron chi connectivity index (χ2n) is 5.44. The van der Waals surface area contributed by atoms with Crippen molar-refractivity contribution in [2.75, 3.05) is 5.32 Å². The summed E-state index contributed by atoms with van der Waals surface area (Å²) in [6.07, 6.45) is 3.55. The van der Waals surface area contributed by atoms with E-state index in [9.17, 15) is 14.9 Å². The van der Waals surface area contributed by atoms with Gasteiger partial charge in [-0.3, -0.25) is 14.9 Å². The zero-order valence-corrected chi connectivity index (χ0v) is 11.4. The number of rotatable bonds is 5. The summed E-state index contributed by atoms with van der Waals surface area (Å²) in [5.41, 5.74) is 0.790. The monoisotopic (exact) mass is 278 g/mol. The summed E-state index contributed by atoms with van der Waals surface area (Å²) >= 11 is 0. The number of nitro groups is 1. The molecule has 2 rings (SSSR count). The van der Waals surface area contributed by atoms with Gasteiger partial charge in [0.2, 0.25) is 0 Å². The molecule has 1 aromatic rings. The minimum absolute atomic E-state index is 0.0364. The number of carboxylic acids is 1. The zero-order chi connectivity index (χ0) is 14.8.